The van der Waals surface area contributed by atoms with Crippen LogP contribution in [0.15, 0.2) is 46.8 Å². The summed E-state index contributed by atoms with van der Waals surface area (Å²) >= 11 is 0. The Morgan fingerprint density at radius 2 is 1.96 bits per heavy atom. The highest BCUT2D eigenvalue weighted by Gasteiger charge is 2.40. The first-order valence-corrected chi connectivity index (χ1v) is 9.23. The summed E-state index contributed by atoms with van der Waals surface area (Å²) in [6.45, 7) is 8.90. The van der Waals surface area contributed by atoms with Gasteiger partial charge in [0.05, 0.1) is 24.2 Å². The first-order chi connectivity index (χ1) is 12.4. The summed E-state index contributed by atoms with van der Waals surface area (Å²) in [4.78, 5) is 12.9. The topological polar surface area (TPSA) is 62.1 Å². The number of ketones is 1. The Kier molecular flexibility index (Phi) is 4.91. The fourth-order valence-electron chi connectivity index (χ4n) is 3.89. The van der Waals surface area contributed by atoms with Crippen molar-refractivity contribution >= 4 is 5.78 Å². The van der Waals surface area contributed by atoms with Gasteiger partial charge in [0.1, 0.15) is 5.75 Å². The summed E-state index contributed by atoms with van der Waals surface area (Å²) in [7, 11) is 0. The van der Waals surface area contributed by atoms with Gasteiger partial charge in [-0.25, -0.2) is 0 Å². The minimum absolute atomic E-state index is 0.0598. The molecule has 3 rings (SSSR count). The second-order valence-corrected chi connectivity index (χ2v) is 7.96. The number of ether oxygens (including phenoxy) is 1. The summed E-state index contributed by atoms with van der Waals surface area (Å²) < 4.78 is 5.66. The van der Waals surface area contributed by atoms with Crippen LogP contribution in [0, 0.1) is 16.7 Å². The van der Waals surface area contributed by atoms with Crippen LogP contribution in [0.25, 0.3) is 0 Å². The molecule has 0 amide bonds. The standard InChI is InChI=1S/C22H26N2O2/c1-5-10-26-16-8-6-15(7-9-16)20-17(13-23)14(2)24-18-11-22(3,4)12-19(25)21(18)20/h6-9,20,24H,5,10-12H2,1-4H3/t20-/m1/s1. The van der Waals surface area contributed by atoms with Crippen molar-refractivity contribution in [2.24, 2.45) is 5.41 Å². The van der Waals surface area contributed by atoms with Gasteiger partial charge >= 0.3 is 0 Å². The van der Waals surface area contributed by atoms with Crippen molar-refractivity contribution in [2.45, 2.75) is 52.9 Å². The lowest BCUT2D eigenvalue weighted by Gasteiger charge is -2.38. The van der Waals surface area contributed by atoms with Crippen molar-refractivity contribution in [3.8, 4) is 11.8 Å². The molecule has 1 aromatic rings. The fraction of sp³-hybridized carbons (Fsp3) is 0.455. The van der Waals surface area contributed by atoms with Gasteiger partial charge in [-0.3, -0.25) is 4.79 Å². The molecule has 4 nitrogen and oxygen atoms in total. The van der Waals surface area contributed by atoms with E-state index in [4.69, 9.17) is 4.74 Å². The van der Waals surface area contributed by atoms with Crippen molar-refractivity contribution in [2.75, 3.05) is 6.61 Å². The summed E-state index contributed by atoms with van der Waals surface area (Å²) in [5.74, 6) is 0.662. The number of nitrogens with zero attached hydrogens (tertiary/aromatic N) is 1. The number of nitriles is 1. The van der Waals surface area contributed by atoms with E-state index in [2.05, 4.69) is 32.2 Å². The first-order valence-electron chi connectivity index (χ1n) is 9.23. The van der Waals surface area contributed by atoms with E-state index in [0.717, 1.165) is 41.1 Å². The normalized spacial score (nSPS) is 21.8. The second-order valence-electron chi connectivity index (χ2n) is 7.96. The number of dihydropyridines is 1. The molecule has 2 aliphatic rings. The predicted molar refractivity (Wildman–Crippen MR) is 101 cm³/mol. The molecule has 1 atom stereocenters. The minimum atomic E-state index is -0.292. The molecule has 0 bridgehead atoms. The summed E-state index contributed by atoms with van der Waals surface area (Å²) in [5, 5.41) is 13.1. The smallest absolute Gasteiger partial charge is 0.162 e. The molecule has 26 heavy (non-hydrogen) atoms. The van der Waals surface area contributed by atoms with Crippen LogP contribution in [0.5, 0.6) is 5.75 Å². The number of benzene rings is 1. The van der Waals surface area contributed by atoms with Crippen LogP contribution in [0.1, 0.15) is 58.4 Å². The molecule has 0 unspecified atom stereocenters. The Morgan fingerprint density at radius 1 is 1.27 bits per heavy atom. The first kappa shape index (κ1) is 18.3. The average Bonchev–Trinajstić information content (AvgIpc) is 2.58. The zero-order valence-electron chi connectivity index (χ0n) is 16.0. The molecule has 0 aromatic heterocycles. The summed E-state index contributed by atoms with van der Waals surface area (Å²) in [6, 6.07) is 10.1. The van der Waals surface area contributed by atoms with E-state index >= 15 is 0 Å². The Hall–Kier alpha value is -2.54. The van der Waals surface area contributed by atoms with E-state index in [1.54, 1.807) is 0 Å². The van der Waals surface area contributed by atoms with Crippen LogP contribution in [-0.2, 0) is 4.79 Å². The Labute approximate surface area is 155 Å². The molecule has 0 saturated carbocycles. The maximum absolute atomic E-state index is 12.9. The van der Waals surface area contributed by atoms with Crippen LogP contribution in [0.2, 0.25) is 0 Å². The number of hydrogen-bond acceptors (Lipinski definition) is 4. The van der Waals surface area contributed by atoms with E-state index in [0.29, 0.717) is 18.6 Å². The maximum Gasteiger partial charge on any atom is 0.162 e. The van der Waals surface area contributed by atoms with E-state index in [9.17, 15) is 10.1 Å². The second kappa shape index (κ2) is 6.99. The van der Waals surface area contributed by atoms with Gasteiger partial charge in [-0.15, -0.1) is 0 Å². The third kappa shape index (κ3) is 3.39. The highest BCUT2D eigenvalue weighted by Crippen LogP contribution is 2.46. The minimum Gasteiger partial charge on any atom is -0.494 e. The molecule has 0 saturated heterocycles. The lowest BCUT2D eigenvalue weighted by atomic mass is 9.69. The van der Waals surface area contributed by atoms with Crippen molar-refractivity contribution in [3.63, 3.8) is 0 Å². The summed E-state index contributed by atoms with van der Waals surface area (Å²) in [6.07, 6.45) is 2.29. The number of rotatable bonds is 4. The number of carbonyl (C=O) groups is 1. The van der Waals surface area contributed by atoms with Crippen molar-refractivity contribution in [1.82, 2.24) is 5.32 Å². The van der Waals surface area contributed by atoms with Gasteiger partial charge in [0.25, 0.3) is 0 Å². The number of carbonyl (C=O) groups excluding carboxylic acids is 1. The predicted octanol–water partition coefficient (Wildman–Crippen LogP) is 4.60. The Morgan fingerprint density at radius 3 is 2.58 bits per heavy atom. The van der Waals surface area contributed by atoms with Crippen molar-refractivity contribution < 1.29 is 9.53 Å². The van der Waals surface area contributed by atoms with Gasteiger partial charge in [-0.1, -0.05) is 32.9 Å². The number of allylic oxidation sites excluding steroid dienone is 4. The van der Waals surface area contributed by atoms with Gasteiger partial charge in [0.2, 0.25) is 0 Å². The zero-order valence-corrected chi connectivity index (χ0v) is 16.0. The molecule has 0 fully saturated rings. The van der Waals surface area contributed by atoms with Gasteiger partial charge in [0, 0.05) is 23.4 Å². The molecule has 0 radical (unpaired) electrons. The van der Waals surface area contributed by atoms with Crippen molar-refractivity contribution in [3.05, 3.63) is 52.4 Å². The highest BCUT2D eigenvalue weighted by atomic mass is 16.5. The van der Waals surface area contributed by atoms with E-state index in [-0.39, 0.29) is 17.1 Å². The highest BCUT2D eigenvalue weighted by molar-refractivity contribution is 6.00. The molecule has 1 N–H and O–H groups in total. The Balaban J connectivity index is 2.03. The number of Topliss-reactive ketones (excluding diaryl/α,β-unsaturated/α-hetero) is 1. The fourth-order valence-corrected chi connectivity index (χ4v) is 3.89. The van der Waals surface area contributed by atoms with Gasteiger partial charge < -0.3 is 10.1 Å². The number of hydrogen-bond donors (Lipinski definition) is 1. The van der Waals surface area contributed by atoms with Crippen LogP contribution >= 0.6 is 0 Å². The average molecular weight is 350 g/mol. The van der Waals surface area contributed by atoms with Gasteiger partial charge in [-0.05, 0) is 42.9 Å². The lowest BCUT2D eigenvalue weighted by molar-refractivity contribution is -0.118. The molecule has 1 aromatic carbocycles. The maximum atomic E-state index is 12.9. The zero-order chi connectivity index (χ0) is 18.9. The molecule has 0 spiro atoms. The van der Waals surface area contributed by atoms with Crippen LogP contribution in [0.4, 0.5) is 0 Å². The van der Waals surface area contributed by atoms with Crippen LogP contribution in [0.3, 0.4) is 0 Å². The molecule has 4 heteroatoms. The largest absolute Gasteiger partial charge is 0.494 e. The van der Waals surface area contributed by atoms with Gasteiger partial charge in [-0.2, -0.15) is 5.26 Å². The lowest BCUT2D eigenvalue weighted by Crippen LogP contribution is -2.36. The molecule has 1 aliphatic heterocycles. The molecule has 1 aliphatic carbocycles. The third-order valence-corrected chi connectivity index (χ3v) is 5.05. The van der Waals surface area contributed by atoms with E-state index in [1.165, 1.54) is 0 Å². The van der Waals surface area contributed by atoms with Crippen LogP contribution in [-0.4, -0.2) is 12.4 Å². The van der Waals surface area contributed by atoms with Gasteiger partial charge in [0.15, 0.2) is 5.78 Å². The molecule has 136 valence electrons. The molecular formula is C22H26N2O2. The van der Waals surface area contributed by atoms with Crippen molar-refractivity contribution in [1.29, 1.82) is 5.26 Å². The Bertz CT molecular complexity index is 823. The monoisotopic (exact) mass is 350 g/mol. The summed E-state index contributed by atoms with van der Waals surface area (Å²) in [5.41, 5.74) is 4.10. The van der Waals surface area contributed by atoms with E-state index < -0.39 is 0 Å². The number of nitrogens with one attached hydrogen (secondary N) is 1. The van der Waals surface area contributed by atoms with Crippen LogP contribution < -0.4 is 10.1 Å². The molecular weight excluding hydrogens is 324 g/mol. The SMILES string of the molecule is CCCOc1ccc([C@@H]2C(C#N)=C(C)NC3=C2C(=O)CC(C)(C)C3)cc1. The quantitative estimate of drug-likeness (QED) is 0.862. The third-order valence-electron chi connectivity index (χ3n) is 5.05. The molecule has 1 heterocycles. The van der Waals surface area contributed by atoms with E-state index in [1.807, 2.05) is 31.2 Å².